The zero-order chi connectivity index (χ0) is 18.8. The summed E-state index contributed by atoms with van der Waals surface area (Å²) in [6.45, 7) is 3.28. The van der Waals surface area contributed by atoms with Crippen molar-refractivity contribution < 1.29 is 9.18 Å². The van der Waals surface area contributed by atoms with Crippen molar-refractivity contribution >= 4 is 17.2 Å². The minimum absolute atomic E-state index is 0.0565. The van der Waals surface area contributed by atoms with Crippen molar-refractivity contribution in [1.29, 1.82) is 0 Å². The maximum Gasteiger partial charge on any atom is 0.265 e. The Labute approximate surface area is 161 Å². The lowest BCUT2D eigenvalue weighted by molar-refractivity contribution is 0.0710. The van der Waals surface area contributed by atoms with Crippen molar-refractivity contribution in [2.75, 3.05) is 13.1 Å². The molecule has 1 amide bonds. The second-order valence-electron chi connectivity index (χ2n) is 6.82. The molecule has 1 aliphatic heterocycles. The van der Waals surface area contributed by atoms with Crippen molar-refractivity contribution in [3.05, 3.63) is 70.1 Å². The van der Waals surface area contributed by atoms with E-state index < -0.39 is 0 Å². The number of nitrogens with zero attached hydrogens (tertiary/aromatic N) is 3. The normalized spacial score (nSPS) is 17.1. The molecule has 1 aliphatic rings. The van der Waals surface area contributed by atoms with E-state index in [0.717, 1.165) is 46.9 Å². The van der Waals surface area contributed by atoms with Gasteiger partial charge >= 0.3 is 0 Å². The highest BCUT2D eigenvalue weighted by atomic mass is 32.1. The number of aryl methyl sites for hydroxylation is 1. The molecule has 138 valence electrons. The average Bonchev–Trinajstić information content (AvgIpc) is 3.13. The number of thiazole rings is 1. The predicted molar refractivity (Wildman–Crippen MR) is 104 cm³/mol. The SMILES string of the molecule is Cc1ncsc1C(=O)N1CCC[C@@H](c2cccc(-c3cccc(F)c3)n2)C1. The van der Waals surface area contributed by atoms with Crippen LogP contribution in [0, 0.1) is 12.7 Å². The summed E-state index contributed by atoms with van der Waals surface area (Å²) >= 11 is 1.40. The number of piperidine rings is 1. The minimum Gasteiger partial charge on any atom is -0.337 e. The Hall–Kier alpha value is -2.60. The Morgan fingerprint density at radius 2 is 2.11 bits per heavy atom. The van der Waals surface area contributed by atoms with Crippen LogP contribution in [-0.2, 0) is 0 Å². The number of amides is 1. The summed E-state index contributed by atoms with van der Waals surface area (Å²) in [6, 6.07) is 12.3. The van der Waals surface area contributed by atoms with Crippen LogP contribution in [0.4, 0.5) is 4.39 Å². The van der Waals surface area contributed by atoms with Gasteiger partial charge in [0.15, 0.2) is 0 Å². The van der Waals surface area contributed by atoms with Crippen LogP contribution < -0.4 is 0 Å². The van der Waals surface area contributed by atoms with Crippen LogP contribution in [0.15, 0.2) is 48.0 Å². The molecule has 6 heteroatoms. The molecule has 3 aromatic rings. The van der Waals surface area contributed by atoms with Crippen LogP contribution in [0.2, 0.25) is 0 Å². The van der Waals surface area contributed by atoms with Crippen molar-refractivity contribution in [2.24, 2.45) is 0 Å². The number of carbonyl (C=O) groups excluding carboxylic acids is 1. The number of aromatic nitrogens is 2. The molecule has 1 fully saturated rings. The standard InChI is InChI=1S/C21H20FN3OS/c1-14-20(27-13-23-14)21(26)25-10-4-6-16(12-25)19-9-3-8-18(24-19)15-5-2-7-17(22)11-15/h2-3,5,7-9,11,13,16H,4,6,10,12H2,1H3/t16-/m1/s1. The quantitative estimate of drug-likeness (QED) is 0.662. The maximum atomic E-state index is 13.5. The zero-order valence-electron chi connectivity index (χ0n) is 15.1. The zero-order valence-corrected chi connectivity index (χ0v) is 15.9. The number of pyridine rings is 1. The summed E-state index contributed by atoms with van der Waals surface area (Å²) < 4.78 is 13.5. The smallest absolute Gasteiger partial charge is 0.265 e. The van der Waals surface area contributed by atoms with E-state index in [1.807, 2.05) is 36.1 Å². The summed E-state index contributed by atoms with van der Waals surface area (Å²) in [5.41, 5.74) is 4.98. The maximum absolute atomic E-state index is 13.5. The van der Waals surface area contributed by atoms with E-state index in [1.165, 1.54) is 23.5 Å². The third kappa shape index (κ3) is 3.76. The van der Waals surface area contributed by atoms with Crippen LogP contribution in [0.3, 0.4) is 0 Å². The molecule has 27 heavy (non-hydrogen) atoms. The van der Waals surface area contributed by atoms with Crippen molar-refractivity contribution in [3.8, 4) is 11.3 Å². The summed E-state index contributed by atoms with van der Waals surface area (Å²) in [7, 11) is 0. The van der Waals surface area contributed by atoms with E-state index in [2.05, 4.69) is 4.98 Å². The van der Waals surface area contributed by atoms with Crippen molar-refractivity contribution in [1.82, 2.24) is 14.9 Å². The molecule has 0 radical (unpaired) electrons. The Kier molecular flexibility index (Phi) is 4.99. The number of hydrogen-bond donors (Lipinski definition) is 0. The predicted octanol–water partition coefficient (Wildman–Crippen LogP) is 4.67. The Balaban J connectivity index is 1.56. The van der Waals surface area contributed by atoms with E-state index in [4.69, 9.17) is 4.98 Å². The van der Waals surface area contributed by atoms with Gasteiger partial charge in [0.2, 0.25) is 0 Å². The highest BCUT2D eigenvalue weighted by Crippen LogP contribution is 2.29. The van der Waals surface area contributed by atoms with Crippen LogP contribution >= 0.6 is 11.3 Å². The van der Waals surface area contributed by atoms with Gasteiger partial charge in [0.05, 0.1) is 16.9 Å². The summed E-state index contributed by atoms with van der Waals surface area (Å²) in [6.07, 6.45) is 1.94. The third-order valence-corrected chi connectivity index (χ3v) is 5.87. The number of halogens is 1. The molecule has 4 nitrogen and oxygen atoms in total. The van der Waals surface area contributed by atoms with Crippen molar-refractivity contribution in [2.45, 2.75) is 25.7 Å². The molecule has 4 rings (SSSR count). The first-order chi connectivity index (χ1) is 13.1. The molecule has 0 N–H and O–H groups in total. The summed E-state index contributed by atoms with van der Waals surface area (Å²) in [4.78, 5) is 24.4. The molecular weight excluding hydrogens is 361 g/mol. The van der Waals surface area contributed by atoms with Gasteiger partial charge in [-0.05, 0) is 44.0 Å². The minimum atomic E-state index is -0.269. The van der Waals surface area contributed by atoms with E-state index >= 15 is 0 Å². The molecule has 0 saturated carbocycles. The van der Waals surface area contributed by atoms with Crippen LogP contribution in [-0.4, -0.2) is 33.9 Å². The third-order valence-electron chi connectivity index (χ3n) is 4.96. The highest BCUT2D eigenvalue weighted by molar-refractivity contribution is 7.11. The molecule has 0 unspecified atom stereocenters. The molecule has 1 aromatic carbocycles. The van der Waals surface area contributed by atoms with E-state index in [1.54, 1.807) is 11.6 Å². The monoisotopic (exact) mass is 381 g/mol. The Bertz CT molecular complexity index is 971. The van der Waals surface area contributed by atoms with Crippen LogP contribution in [0.5, 0.6) is 0 Å². The molecular formula is C21H20FN3OS. The topological polar surface area (TPSA) is 46.1 Å². The van der Waals surface area contributed by atoms with Gasteiger partial charge in [0.1, 0.15) is 10.7 Å². The molecule has 0 spiro atoms. The fraction of sp³-hybridized carbons (Fsp3) is 0.286. The Morgan fingerprint density at radius 3 is 2.89 bits per heavy atom. The fourth-order valence-electron chi connectivity index (χ4n) is 3.54. The second-order valence-corrected chi connectivity index (χ2v) is 7.67. The van der Waals surface area contributed by atoms with Gasteiger partial charge in [0, 0.05) is 30.3 Å². The van der Waals surface area contributed by atoms with Gasteiger partial charge in [-0.3, -0.25) is 9.78 Å². The van der Waals surface area contributed by atoms with Gasteiger partial charge in [-0.15, -0.1) is 11.3 Å². The highest BCUT2D eigenvalue weighted by Gasteiger charge is 2.28. The molecule has 0 bridgehead atoms. The summed E-state index contributed by atoms with van der Waals surface area (Å²) in [5.74, 6) is -0.0282. The molecule has 1 saturated heterocycles. The molecule has 3 heterocycles. The largest absolute Gasteiger partial charge is 0.337 e. The first-order valence-electron chi connectivity index (χ1n) is 9.04. The average molecular weight is 381 g/mol. The van der Waals surface area contributed by atoms with E-state index in [9.17, 15) is 9.18 Å². The van der Waals surface area contributed by atoms with E-state index in [0.29, 0.717) is 6.54 Å². The number of hydrogen-bond acceptors (Lipinski definition) is 4. The van der Waals surface area contributed by atoms with Crippen molar-refractivity contribution in [3.63, 3.8) is 0 Å². The lowest BCUT2D eigenvalue weighted by Gasteiger charge is -2.32. The second kappa shape index (κ2) is 7.56. The molecule has 1 atom stereocenters. The number of likely N-dealkylation sites (tertiary alicyclic amines) is 1. The van der Waals surface area contributed by atoms with Gasteiger partial charge in [-0.2, -0.15) is 0 Å². The van der Waals surface area contributed by atoms with Gasteiger partial charge < -0.3 is 4.90 Å². The lowest BCUT2D eigenvalue weighted by atomic mass is 9.93. The van der Waals surface area contributed by atoms with Crippen LogP contribution in [0.25, 0.3) is 11.3 Å². The van der Waals surface area contributed by atoms with Gasteiger partial charge in [-0.1, -0.05) is 18.2 Å². The fourth-order valence-corrected chi connectivity index (χ4v) is 4.31. The molecule has 2 aromatic heterocycles. The van der Waals surface area contributed by atoms with Crippen LogP contribution in [0.1, 0.15) is 39.8 Å². The lowest BCUT2D eigenvalue weighted by Crippen LogP contribution is -2.39. The first-order valence-corrected chi connectivity index (χ1v) is 9.92. The summed E-state index contributed by atoms with van der Waals surface area (Å²) in [5, 5.41) is 0. The first kappa shape index (κ1) is 17.8. The Morgan fingerprint density at radius 1 is 1.26 bits per heavy atom. The number of rotatable bonds is 3. The number of benzene rings is 1. The van der Waals surface area contributed by atoms with Gasteiger partial charge in [-0.25, -0.2) is 9.37 Å². The van der Waals surface area contributed by atoms with Gasteiger partial charge in [0.25, 0.3) is 5.91 Å². The number of carbonyl (C=O) groups is 1. The van der Waals surface area contributed by atoms with E-state index in [-0.39, 0.29) is 17.6 Å². The molecule has 0 aliphatic carbocycles.